The summed E-state index contributed by atoms with van der Waals surface area (Å²) in [6.07, 6.45) is 4.94. The zero-order valence-electron chi connectivity index (χ0n) is 15.4. The fourth-order valence-corrected chi connectivity index (χ4v) is 5.41. The third-order valence-electron chi connectivity index (χ3n) is 6.26. The van der Waals surface area contributed by atoms with E-state index in [1.807, 2.05) is 49.4 Å². The number of halogens is 2. The molecule has 2 aromatic rings. The highest BCUT2D eigenvalue weighted by molar-refractivity contribution is 6.49. The number of alkyl halides is 1. The first kappa shape index (κ1) is 18.7. The summed E-state index contributed by atoms with van der Waals surface area (Å²) in [5, 5.41) is 0.643. The van der Waals surface area contributed by atoms with Gasteiger partial charge in [0, 0.05) is 16.9 Å². The Bertz CT molecular complexity index is 928. The third kappa shape index (κ3) is 2.94. The van der Waals surface area contributed by atoms with Gasteiger partial charge in [-0.3, -0.25) is 9.59 Å². The van der Waals surface area contributed by atoms with Crippen LogP contribution in [0, 0.1) is 12.3 Å². The van der Waals surface area contributed by atoms with Crippen molar-refractivity contribution in [1.29, 1.82) is 0 Å². The molecule has 2 aliphatic carbocycles. The summed E-state index contributed by atoms with van der Waals surface area (Å²) >= 11 is 13.0. The van der Waals surface area contributed by atoms with Crippen molar-refractivity contribution in [3.05, 3.63) is 58.6 Å². The Morgan fingerprint density at radius 2 is 1.63 bits per heavy atom. The van der Waals surface area contributed by atoms with Crippen LogP contribution in [0.3, 0.4) is 0 Å². The lowest BCUT2D eigenvalue weighted by atomic mass is 9.71. The van der Waals surface area contributed by atoms with Gasteiger partial charge in [0.1, 0.15) is 0 Å². The van der Waals surface area contributed by atoms with Gasteiger partial charge in [0.2, 0.25) is 0 Å². The van der Waals surface area contributed by atoms with E-state index in [0.717, 1.165) is 48.8 Å². The molecule has 2 fully saturated rings. The topological polar surface area (TPSA) is 34.1 Å². The Kier molecular flexibility index (Phi) is 4.68. The van der Waals surface area contributed by atoms with Crippen LogP contribution in [0.25, 0.3) is 11.1 Å². The molecule has 140 valence electrons. The number of hydrogen-bond acceptors (Lipinski definition) is 2. The van der Waals surface area contributed by atoms with E-state index in [1.165, 1.54) is 0 Å². The molecule has 2 aromatic carbocycles. The lowest BCUT2D eigenvalue weighted by Crippen LogP contribution is -2.38. The molecule has 0 N–H and O–H groups in total. The average Bonchev–Trinajstić information content (AvgIpc) is 2.84. The Labute approximate surface area is 169 Å². The van der Waals surface area contributed by atoms with E-state index in [1.54, 1.807) is 0 Å². The molecule has 2 saturated carbocycles. The maximum atomic E-state index is 13.5. The quantitative estimate of drug-likeness (QED) is 0.441. The standard InChI is InChI=1S/C23H22Cl2O2/c1-15-8-9-17(16-6-5-7-18(24)12-16)13-19(15)23(25)20(26)14-22(21(23)27)10-3-2-4-11-22/h5-9,12-13H,2-4,10-11,14H2,1H3. The van der Waals surface area contributed by atoms with Crippen molar-refractivity contribution in [1.82, 2.24) is 0 Å². The van der Waals surface area contributed by atoms with Gasteiger partial charge in [-0.15, -0.1) is 0 Å². The maximum absolute atomic E-state index is 13.5. The van der Waals surface area contributed by atoms with Crippen molar-refractivity contribution in [2.24, 2.45) is 5.41 Å². The van der Waals surface area contributed by atoms with Crippen LogP contribution >= 0.6 is 23.2 Å². The lowest BCUT2D eigenvalue weighted by molar-refractivity contribution is -0.130. The monoisotopic (exact) mass is 400 g/mol. The fraction of sp³-hybridized carbons (Fsp3) is 0.391. The Morgan fingerprint density at radius 1 is 0.926 bits per heavy atom. The molecule has 0 amide bonds. The van der Waals surface area contributed by atoms with E-state index >= 15 is 0 Å². The van der Waals surface area contributed by atoms with E-state index in [0.29, 0.717) is 10.6 Å². The van der Waals surface area contributed by atoms with Crippen LogP contribution in [0.15, 0.2) is 42.5 Å². The van der Waals surface area contributed by atoms with Crippen molar-refractivity contribution in [3.63, 3.8) is 0 Å². The van der Waals surface area contributed by atoms with E-state index in [4.69, 9.17) is 23.2 Å². The largest absolute Gasteiger partial charge is 0.297 e. The Morgan fingerprint density at radius 3 is 2.33 bits per heavy atom. The maximum Gasteiger partial charge on any atom is 0.186 e. The number of ketones is 2. The molecule has 0 aromatic heterocycles. The van der Waals surface area contributed by atoms with Crippen LogP contribution in [0.1, 0.15) is 49.7 Å². The number of hydrogen-bond donors (Lipinski definition) is 0. The van der Waals surface area contributed by atoms with Crippen LogP contribution in [0.4, 0.5) is 0 Å². The van der Waals surface area contributed by atoms with Crippen LogP contribution in [-0.4, -0.2) is 11.6 Å². The molecule has 0 heterocycles. The van der Waals surface area contributed by atoms with Gasteiger partial charge in [-0.1, -0.05) is 66.7 Å². The second-order valence-electron chi connectivity index (χ2n) is 7.97. The minimum Gasteiger partial charge on any atom is -0.297 e. The summed E-state index contributed by atoms with van der Waals surface area (Å²) in [5.41, 5.74) is 2.78. The van der Waals surface area contributed by atoms with Crippen molar-refractivity contribution >= 4 is 34.8 Å². The number of aryl methyl sites for hydroxylation is 1. The number of carbonyl (C=O) groups is 2. The minimum atomic E-state index is -1.56. The summed E-state index contributed by atoms with van der Waals surface area (Å²) in [7, 11) is 0. The normalized spacial score (nSPS) is 24.6. The molecule has 1 atom stereocenters. The van der Waals surface area contributed by atoms with Gasteiger partial charge >= 0.3 is 0 Å². The first-order chi connectivity index (χ1) is 12.9. The van der Waals surface area contributed by atoms with Crippen molar-refractivity contribution in [3.8, 4) is 11.1 Å². The highest BCUT2D eigenvalue weighted by Crippen LogP contribution is 2.55. The smallest absolute Gasteiger partial charge is 0.186 e. The summed E-state index contributed by atoms with van der Waals surface area (Å²) in [6.45, 7) is 1.91. The zero-order chi connectivity index (χ0) is 19.2. The van der Waals surface area contributed by atoms with Gasteiger partial charge in [-0.25, -0.2) is 0 Å². The molecule has 2 aliphatic rings. The fourth-order valence-electron chi connectivity index (χ4n) is 4.75. The number of Topliss-reactive ketones (excluding diaryl/α,β-unsaturated/α-hetero) is 2. The van der Waals surface area contributed by atoms with Gasteiger partial charge in [0.05, 0.1) is 0 Å². The number of carbonyl (C=O) groups excluding carboxylic acids is 2. The van der Waals surface area contributed by atoms with Crippen molar-refractivity contribution < 1.29 is 9.59 Å². The van der Waals surface area contributed by atoms with Crippen molar-refractivity contribution in [2.75, 3.05) is 0 Å². The van der Waals surface area contributed by atoms with Gasteiger partial charge in [0.25, 0.3) is 0 Å². The molecule has 0 radical (unpaired) electrons. The molecule has 1 spiro atoms. The predicted octanol–water partition coefficient (Wildman–Crippen LogP) is 6.24. The minimum absolute atomic E-state index is 0.0901. The number of benzene rings is 2. The van der Waals surface area contributed by atoms with E-state index in [9.17, 15) is 9.59 Å². The van der Waals surface area contributed by atoms with E-state index < -0.39 is 10.3 Å². The second kappa shape index (κ2) is 6.76. The van der Waals surface area contributed by atoms with E-state index in [2.05, 4.69) is 0 Å². The van der Waals surface area contributed by atoms with Gasteiger partial charge in [0.15, 0.2) is 16.4 Å². The molecular weight excluding hydrogens is 379 g/mol. The zero-order valence-corrected chi connectivity index (χ0v) is 16.9. The molecular formula is C23H22Cl2O2. The summed E-state index contributed by atoms with van der Waals surface area (Å²) < 4.78 is 0. The SMILES string of the molecule is Cc1ccc(-c2cccc(Cl)c2)cc1C1(Cl)C(=O)CC2(CCCCC2)C1=O. The molecule has 2 nitrogen and oxygen atoms in total. The van der Waals surface area contributed by atoms with Gasteiger partial charge in [-0.2, -0.15) is 0 Å². The summed E-state index contributed by atoms with van der Waals surface area (Å²) in [4.78, 5) is 25.0. The van der Waals surface area contributed by atoms with E-state index in [-0.39, 0.29) is 18.0 Å². The lowest BCUT2D eigenvalue weighted by Gasteiger charge is -2.32. The Hall–Kier alpha value is -1.64. The van der Waals surface area contributed by atoms with Crippen LogP contribution in [0.2, 0.25) is 5.02 Å². The van der Waals surface area contributed by atoms with Gasteiger partial charge < -0.3 is 0 Å². The molecule has 0 bridgehead atoms. The highest BCUT2D eigenvalue weighted by atomic mass is 35.5. The highest BCUT2D eigenvalue weighted by Gasteiger charge is 2.62. The average molecular weight is 401 g/mol. The molecule has 27 heavy (non-hydrogen) atoms. The molecule has 4 rings (SSSR count). The van der Waals surface area contributed by atoms with Crippen LogP contribution in [-0.2, 0) is 14.5 Å². The molecule has 0 aliphatic heterocycles. The number of rotatable bonds is 2. The van der Waals surface area contributed by atoms with Crippen LogP contribution in [0.5, 0.6) is 0 Å². The predicted molar refractivity (Wildman–Crippen MR) is 109 cm³/mol. The molecule has 4 heteroatoms. The first-order valence-electron chi connectivity index (χ1n) is 9.51. The second-order valence-corrected chi connectivity index (χ2v) is 8.97. The van der Waals surface area contributed by atoms with Crippen LogP contribution < -0.4 is 0 Å². The van der Waals surface area contributed by atoms with Crippen molar-refractivity contribution in [2.45, 2.75) is 50.3 Å². The molecule has 1 unspecified atom stereocenters. The third-order valence-corrected chi connectivity index (χ3v) is 7.08. The van der Waals surface area contributed by atoms with Gasteiger partial charge in [-0.05, 0) is 60.2 Å². The summed E-state index contributed by atoms with van der Waals surface area (Å²) in [6, 6.07) is 13.3. The summed E-state index contributed by atoms with van der Waals surface area (Å²) in [5.74, 6) is -0.241. The first-order valence-corrected chi connectivity index (χ1v) is 10.3. The molecule has 0 saturated heterocycles. The Balaban J connectivity index is 1.81.